The zero-order valence-electron chi connectivity index (χ0n) is 10.6. The number of methoxy groups -OCH3 is 1. The van der Waals surface area contributed by atoms with E-state index in [1.807, 2.05) is 30.0 Å². The van der Waals surface area contributed by atoms with E-state index in [4.69, 9.17) is 9.47 Å². The number of hydrogen-bond acceptors (Lipinski definition) is 5. The molecule has 1 aliphatic rings. The Labute approximate surface area is 106 Å². The van der Waals surface area contributed by atoms with E-state index < -0.39 is 0 Å². The molecule has 1 aromatic carbocycles. The number of likely N-dealkylation sites (N-methyl/N-ethyl adjacent to an activating group) is 1. The highest BCUT2D eigenvalue weighted by atomic mass is 16.7. The van der Waals surface area contributed by atoms with E-state index in [0.717, 1.165) is 23.6 Å². The number of nitrogens with zero attached hydrogens (tertiary/aromatic N) is 1. The second-order valence-electron chi connectivity index (χ2n) is 4.07. The molecule has 0 fully saturated rings. The summed E-state index contributed by atoms with van der Waals surface area (Å²) in [7, 11) is 1.40. The highest BCUT2D eigenvalue weighted by Gasteiger charge is 2.15. The molecule has 0 atom stereocenters. The molecule has 0 N–H and O–H groups in total. The van der Waals surface area contributed by atoms with E-state index in [-0.39, 0.29) is 12.8 Å². The van der Waals surface area contributed by atoms with Crippen LogP contribution >= 0.6 is 0 Å². The van der Waals surface area contributed by atoms with Gasteiger partial charge in [-0.3, -0.25) is 9.69 Å². The van der Waals surface area contributed by atoms with Gasteiger partial charge in [-0.15, -0.1) is 0 Å². The van der Waals surface area contributed by atoms with Crippen LogP contribution in [-0.4, -0.2) is 37.9 Å². The largest absolute Gasteiger partial charge is 0.468 e. The van der Waals surface area contributed by atoms with Crippen molar-refractivity contribution in [2.75, 3.05) is 27.0 Å². The molecule has 18 heavy (non-hydrogen) atoms. The molecule has 0 bridgehead atoms. The highest BCUT2D eigenvalue weighted by molar-refractivity contribution is 5.71. The number of benzene rings is 1. The molecule has 0 radical (unpaired) electrons. The number of esters is 1. The van der Waals surface area contributed by atoms with E-state index in [1.165, 1.54) is 7.11 Å². The summed E-state index contributed by atoms with van der Waals surface area (Å²) in [6.07, 6.45) is 0. The van der Waals surface area contributed by atoms with Gasteiger partial charge in [0.1, 0.15) is 0 Å². The third-order valence-electron chi connectivity index (χ3n) is 2.87. The lowest BCUT2D eigenvalue weighted by molar-refractivity contribution is -0.142. The van der Waals surface area contributed by atoms with Crippen molar-refractivity contribution in [2.24, 2.45) is 0 Å². The highest BCUT2D eigenvalue weighted by Crippen LogP contribution is 2.32. The number of rotatable bonds is 5. The van der Waals surface area contributed by atoms with Crippen molar-refractivity contribution in [1.29, 1.82) is 0 Å². The summed E-state index contributed by atoms with van der Waals surface area (Å²) >= 11 is 0. The van der Waals surface area contributed by atoms with Gasteiger partial charge in [0, 0.05) is 6.54 Å². The van der Waals surface area contributed by atoms with Gasteiger partial charge >= 0.3 is 5.97 Å². The average molecular weight is 251 g/mol. The van der Waals surface area contributed by atoms with Crippen LogP contribution in [0.5, 0.6) is 11.5 Å². The first-order chi connectivity index (χ1) is 8.72. The quantitative estimate of drug-likeness (QED) is 0.740. The van der Waals surface area contributed by atoms with Crippen LogP contribution in [-0.2, 0) is 16.1 Å². The van der Waals surface area contributed by atoms with Gasteiger partial charge in [0.25, 0.3) is 0 Å². The maximum atomic E-state index is 11.2. The Morgan fingerprint density at radius 2 is 2.17 bits per heavy atom. The van der Waals surface area contributed by atoms with Gasteiger partial charge in [0.15, 0.2) is 11.5 Å². The molecular weight excluding hydrogens is 234 g/mol. The fourth-order valence-corrected chi connectivity index (χ4v) is 1.82. The van der Waals surface area contributed by atoms with Crippen molar-refractivity contribution >= 4 is 5.97 Å². The molecule has 0 amide bonds. The maximum absolute atomic E-state index is 11.2. The normalized spacial score (nSPS) is 12.8. The van der Waals surface area contributed by atoms with Gasteiger partial charge in [-0.2, -0.15) is 0 Å². The lowest BCUT2D eigenvalue weighted by Crippen LogP contribution is -2.29. The zero-order chi connectivity index (χ0) is 13.0. The molecule has 5 nitrogen and oxygen atoms in total. The average Bonchev–Trinajstić information content (AvgIpc) is 2.85. The van der Waals surface area contributed by atoms with Crippen LogP contribution in [0, 0.1) is 0 Å². The fourth-order valence-electron chi connectivity index (χ4n) is 1.82. The first kappa shape index (κ1) is 12.7. The monoisotopic (exact) mass is 251 g/mol. The van der Waals surface area contributed by atoms with Gasteiger partial charge in [-0.1, -0.05) is 13.0 Å². The fraction of sp³-hybridized carbons (Fsp3) is 0.462. The number of fused-ring (bicyclic) bond motifs is 1. The Morgan fingerprint density at radius 1 is 1.39 bits per heavy atom. The molecule has 0 aromatic heterocycles. The summed E-state index contributed by atoms with van der Waals surface area (Å²) in [5.74, 6) is 1.31. The third kappa shape index (κ3) is 2.92. The van der Waals surface area contributed by atoms with E-state index in [9.17, 15) is 4.79 Å². The molecule has 1 heterocycles. The van der Waals surface area contributed by atoms with Crippen LogP contribution < -0.4 is 9.47 Å². The van der Waals surface area contributed by atoms with Gasteiger partial charge in [0.05, 0.1) is 13.7 Å². The predicted molar refractivity (Wildman–Crippen MR) is 65.5 cm³/mol. The molecule has 1 aliphatic heterocycles. The molecule has 0 saturated carbocycles. The molecule has 2 rings (SSSR count). The topological polar surface area (TPSA) is 48.0 Å². The van der Waals surface area contributed by atoms with Gasteiger partial charge in [-0.25, -0.2) is 0 Å². The molecule has 0 spiro atoms. The van der Waals surface area contributed by atoms with Crippen molar-refractivity contribution in [1.82, 2.24) is 4.90 Å². The van der Waals surface area contributed by atoms with E-state index in [0.29, 0.717) is 13.1 Å². The molecule has 0 saturated heterocycles. The summed E-state index contributed by atoms with van der Waals surface area (Å²) in [5, 5.41) is 0. The summed E-state index contributed by atoms with van der Waals surface area (Å²) in [5.41, 5.74) is 1.09. The van der Waals surface area contributed by atoms with E-state index in [1.54, 1.807) is 0 Å². The minimum absolute atomic E-state index is 0.224. The Hall–Kier alpha value is -1.75. The second kappa shape index (κ2) is 5.73. The summed E-state index contributed by atoms with van der Waals surface area (Å²) < 4.78 is 15.2. The molecule has 5 heteroatoms. The van der Waals surface area contributed by atoms with Crippen LogP contribution in [0.25, 0.3) is 0 Å². The Morgan fingerprint density at radius 3 is 2.89 bits per heavy atom. The Balaban J connectivity index is 2.01. The number of hydrogen-bond donors (Lipinski definition) is 0. The predicted octanol–water partition coefficient (Wildman–Crippen LogP) is 1.41. The minimum atomic E-state index is -0.224. The summed E-state index contributed by atoms with van der Waals surface area (Å²) in [4.78, 5) is 13.3. The molecule has 0 aliphatic carbocycles. The second-order valence-corrected chi connectivity index (χ2v) is 4.07. The van der Waals surface area contributed by atoms with E-state index in [2.05, 4.69) is 4.74 Å². The summed E-state index contributed by atoms with van der Waals surface area (Å²) in [6.45, 7) is 4.04. The maximum Gasteiger partial charge on any atom is 0.319 e. The lowest BCUT2D eigenvalue weighted by atomic mass is 10.2. The molecular formula is C13H17NO4. The first-order valence-electron chi connectivity index (χ1n) is 5.90. The third-order valence-corrected chi connectivity index (χ3v) is 2.87. The number of carbonyl (C=O) groups excluding carboxylic acids is 1. The standard InChI is InChI=1S/C13H17NO4/c1-3-14(8-13(15)16-2)7-10-4-5-11-12(6-10)18-9-17-11/h4-6H,3,7-9H2,1-2H3. The Kier molecular flexibility index (Phi) is 4.04. The zero-order valence-corrected chi connectivity index (χ0v) is 10.6. The van der Waals surface area contributed by atoms with E-state index >= 15 is 0 Å². The van der Waals surface area contributed by atoms with Crippen LogP contribution in [0.1, 0.15) is 12.5 Å². The molecule has 98 valence electrons. The Bertz CT molecular complexity index is 433. The van der Waals surface area contributed by atoms with Crippen molar-refractivity contribution in [3.05, 3.63) is 23.8 Å². The van der Waals surface area contributed by atoms with Crippen molar-refractivity contribution in [2.45, 2.75) is 13.5 Å². The summed E-state index contributed by atoms with van der Waals surface area (Å²) in [6, 6.07) is 5.82. The lowest BCUT2D eigenvalue weighted by Gasteiger charge is -2.18. The van der Waals surface area contributed by atoms with Crippen molar-refractivity contribution < 1.29 is 19.0 Å². The van der Waals surface area contributed by atoms with Gasteiger partial charge in [-0.05, 0) is 24.2 Å². The number of carbonyl (C=O) groups is 1. The van der Waals surface area contributed by atoms with Crippen LogP contribution in [0.4, 0.5) is 0 Å². The minimum Gasteiger partial charge on any atom is -0.468 e. The van der Waals surface area contributed by atoms with Crippen LogP contribution in [0.2, 0.25) is 0 Å². The molecule has 1 aromatic rings. The number of ether oxygens (including phenoxy) is 3. The smallest absolute Gasteiger partial charge is 0.319 e. The van der Waals surface area contributed by atoms with Gasteiger partial charge < -0.3 is 14.2 Å². The first-order valence-corrected chi connectivity index (χ1v) is 5.90. The van der Waals surface area contributed by atoms with Crippen molar-refractivity contribution in [3.8, 4) is 11.5 Å². The SMILES string of the molecule is CCN(CC(=O)OC)Cc1ccc2c(c1)OCO2. The molecule has 0 unspecified atom stereocenters. The van der Waals surface area contributed by atoms with Gasteiger partial charge in [0.2, 0.25) is 6.79 Å². The van der Waals surface area contributed by atoms with Crippen LogP contribution in [0.3, 0.4) is 0 Å². The van der Waals surface area contributed by atoms with Crippen LogP contribution in [0.15, 0.2) is 18.2 Å². The van der Waals surface area contributed by atoms with Crippen molar-refractivity contribution in [3.63, 3.8) is 0 Å².